The molecule has 7 nitrogen and oxygen atoms in total. The van der Waals surface area contributed by atoms with E-state index in [0.29, 0.717) is 12.4 Å². The van der Waals surface area contributed by atoms with Crippen molar-refractivity contribution >= 4 is 17.9 Å². The Hall–Kier alpha value is -3.74. The molecule has 0 saturated carbocycles. The zero-order valence-corrected chi connectivity index (χ0v) is 20.8. The third-order valence-corrected chi connectivity index (χ3v) is 6.01. The van der Waals surface area contributed by atoms with Gasteiger partial charge in [0.05, 0.1) is 27.0 Å². The van der Waals surface area contributed by atoms with Crippen molar-refractivity contribution in [3.8, 4) is 17.2 Å². The highest BCUT2D eigenvalue weighted by Gasteiger charge is 2.15. The van der Waals surface area contributed by atoms with Gasteiger partial charge in [0.1, 0.15) is 11.6 Å². The molecule has 0 amide bonds. The summed E-state index contributed by atoms with van der Waals surface area (Å²) in [7, 11) is 3.29. The first-order valence-electron chi connectivity index (χ1n) is 12.1. The molecule has 0 radical (unpaired) electrons. The van der Waals surface area contributed by atoms with Crippen molar-refractivity contribution in [2.45, 2.75) is 32.6 Å². The van der Waals surface area contributed by atoms with Crippen LogP contribution in [0.25, 0.3) is 0 Å². The molecule has 0 atom stereocenters. The number of aromatic nitrogens is 1. The minimum Gasteiger partial charge on any atom is -0.493 e. The van der Waals surface area contributed by atoms with Crippen molar-refractivity contribution in [1.82, 2.24) is 4.98 Å². The van der Waals surface area contributed by atoms with Crippen LogP contribution >= 0.6 is 0 Å². The standard InChI is InChI=1S/C28H34N4O3/c1-21-8-7-9-23(16-21)20-29-31-27-18-24(19-28(30-27)32-13-5-4-6-14-32)35-15-12-22-10-11-25(33-2)26(17-22)34-3/h7-11,16-20H,4-6,12-15H2,1-3H3,(H,30,31)/b29-20+. The smallest absolute Gasteiger partial charge is 0.160 e. The fraction of sp³-hybridized carbons (Fsp3) is 0.357. The molecule has 1 aromatic heterocycles. The van der Waals surface area contributed by atoms with Gasteiger partial charge in [-0.2, -0.15) is 5.10 Å². The summed E-state index contributed by atoms with van der Waals surface area (Å²) in [6.45, 7) is 4.62. The number of piperidine rings is 1. The highest BCUT2D eigenvalue weighted by Crippen LogP contribution is 2.29. The molecule has 0 unspecified atom stereocenters. The molecular formula is C28H34N4O3. The summed E-state index contributed by atoms with van der Waals surface area (Å²) in [5, 5.41) is 4.41. The van der Waals surface area contributed by atoms with Crippen LogP contribution < -0.4 is 24.5 Å². The second-order valence-corrected chi connectivity index (χ2v) is 8.67. The number of rotatable bonds is 10. The van der Waals surface area contributed by atoms with E-state index in [9.17, 15) is 0 Å². The van der Waals surface area contributed by atoms with Gasteiger partial charge in [-0.25, -0.2) is 4.98 Å². The Kier molecular flexibility index (Phi) is 8.44. The van der Waals surface area contributed by atoms with Crippen molar-refractivity contribution in [3.05, 3.63) is 71.3 Å². The van der Waals surface area contributed by atoms with E-state index < -0.39 is 0 Å². The van der Waals surface area contributed by atoms with E-state index >= 15 is 0 Å². The first-order valence-corrected chi connectivity index (χ1v) is 12.1. The minimum absolute atomic E-state index is 0.533. The first kappa shape index (κ1) is 24.4. The zero-order chi connectivity index (χ0) is 24.5. The third-order valence-electron chi connectivity index (χ3n) is 6.01. The number of aryl methyl sites for hydroxylation is 1. The molecule has 2 heterocycles. The monoisotopic (exact) mass is 474 g/mol. The molecule has 35 heavy (non-hydrogen) atoms. The number of hydrogen-bond acceptors (Lipinski definition) is 7. The van der Waals surface area contributed by atoms with E-state index in [-0.39, 0.29) is 0 Å². The topological polar surface area (TPSA) is 68.2 Å². The van der Waals surface area contributed by atoms with Crippen LogP contribution in [0, 0.1) is 6.92 Å². The van der Waals surface area contributed by atoms with Gasteiger partial charge in [0.2, 0.25) is 0 Å². The van der Waals surface area contributed by atoms with Crippen LogP contribution in [0.2, 0.25) is 0 Å². The Balaban J connectivity index is 1.46. The number of nitrogens with one attached hydrogen (secondary N) is 1. The predicted octanol–water partition coefficient (Wildman–Crippen LogP) is 5.47. The molecule has 1 fully saturated rings. The first-order chi connectivity index (χ1) is 17.1. The van der Waals surface area contributed by atoms with Crippen molar-refractivity contribution in [2.75, 3.05) is 44.2 Å². The van der Waals surface area contributed by atoms with E-state index in [1.807, 2.05) is 42.5 Å². The molecule has 1 N–H and O–H groups in total. The van der Waals surface area contributed by atoms with E-state index in [4.69, 9.17) is 19.2 Å². The Bertz CT molecular complexity index is 1140. The van der Waals surface area contributed by atoms with Gasteiger partial charge in [0.15, 0.2) is 17.3 Å². The Labute approximate surface area is 207 Å². The van der Waals surface area contributed by atoms with Gasteiger partial charge in [-0.15, -0.1) is 0 Å². The summed E-state index contributed by atoms with van der Waals surface area (Å²) in [6, 6.07) is 18.1. The number of anilines is 2. The van der Waals surface area contributed by atoms with Crippen LogP contribution in [0.5, 0.6) is 17.2 Å². The van der Waals surface area contributed by atoms with Crippen molar-refractivity contribution in [3.63, 3.8) is 0 Å². The highest BCUT2D eigenvalue weighted by atomic mass is 16.5. The fourth-order valence-electron chi connectivity index (χ4n) is 4.16. The molecule has 3 aromatic rings. The summed E-state index contributed by atoms with van der Waals surface area (Å²) in [6.07, 6.45) is 6.18. The number of hydrazone groups is 1. The van der Waals surface area contributed by atoms with E-state index in [2.05, 4.69) is 34.5 Å². The second kappa shape index (κ2) is 12.1. The fourth-order valence-corrected chi connectivity index (χ4v) is 4.16. The molecule has 4 rings (SSSR count). The van der Waals surface area contributed by atoms with E-state index in [1.54, 1.807) is 20.4 Å². The summed E-state index contributed by atoms with van der Waals surface area (Å²) in [4.78, 5) is 7.12. The summed E-state index contributed by atoms with van der Waals surface area (Å²) in [5.41, 5.74) is 6.45. The van der Waals surface area contributed by atoms with Gasteiger partial charge in [-0.05, 0) is 49.4 Å². The molecule has 0 bridgehead atoms. The van der Waals surface area contributed by atoms with Crippen molar-refractivity contribution in [2.24, 2.45) is 5.10 Å². The molecule has 1 aliphatic rings. The molecule has 1 aliphatic heterocycles. The molecule has 0 spiro atoms. The van der Waals surface area contributed by atoms with Crippen molar-refractivity contribution in [1.29, 1.82) is 0 Å². The molecule has 7 heteroatoms. The Morgan fingerprint density at radius 2 is 1.80 bits per heavy atom. The predicted molar refractivity (Wildman–Crippen MR) is 141 cm³/mol. The van der Waals surface area contributed by atoms with Crippen LogP contribution in [0.1, 0.15) is 36.0 Å². The van der Waals surface area contributed by atoms with E-state index in [1.165, 1.54) is 24.8 Å². The molecule has 0 aliphatic carbocycles. The maximum Gasteiger partial charge on any atom is 0.160 e. The molecule has 2 aromatic carbocycles. The van der Waals surface area contributed by atoms with Gasteiger partial charge >= 0.3 is 0 Å². The lowest BCUT2D eigenvalue weighted by atomic mass is 10.1. The highest BCUT2D eigenvalue weighted by molar-refractivity contribution is 5.80. The molecule has 1 saturated heterocycles. The Morgan fingerprint density at radius 1 is 0.971 bits per heavy atom. The molecular weight excluding hydrogens is 440 g/mol. The van der Waals surface area contributed by atoms with E-state index in [0.717, 1.165) is 53.7 Å². The number of nitrogens with zero attached hydrogens (tertiary/aromatic N) is 3. The average molecular weight is 475 g/mol. The van der Waals surface area contributed by atoms with Crippen LogP contribution in [0.4, 0.5) is 11.6 Å². The van der Waals surface area contributed by atoms with Crippen LogP contribution in [-0.2, 0) is 6.42 Å². The van der Waals surface area contributed by atoms with Crippen molar-refractivity contribution < 1.29 is 14.2 Å². The maximum absolute atomic E-state index is 6.16. The third kappa shape index (κ3) is 6.88. The zero-order valence-electron chi connectivity index (χ0n) is 20.8. The lowest BCUT2D eigenvalue weighted by Gasteiger charge is -2.28. The number of pyridine rings is 1. The SMILES string of the molecule is COc1ccc(CCOc2cc(N/N=C/c3cccc(C)c3)nc(N3CCCCC3)c2)cc1OC. The van der Waals surface area contributed by atoms with Gasteiger partial charge in [-0.1, -0.05) is 35.9 Å². The largest absolute Gasteiger partial charge is 0.493 e. The quantitative estimate of drug-likeness (QED) is 0.311. The lowest BCUT2D eigenvalue weighted by Crippen LogP contribution is -2.30. The minimum atomic E-state index is 0.533. The number of benzene rings is 2. The summed E-state index contributed by atoms with van der Waals surface area (Å²) >= 11 is 0. The average Bonchev–Trinajstić information content (AvgIpc) is 2.89. The maximum atomic E-state index is 6.16. The molecule has 184 valence electrons. The Morgan fingerprint density at radius 3 is 2.57 bits per heavy atom. The van der Waals surface area contributed by atoms with Gasteiger partial charge in [-0.3, -0.25) is 5.43 Å². The number of hydrogen-bond donors (Lipinski definition) is 1. The number of ether oxygens (including phenoxy) is 3. The normalized spacial score (nSPS) is 13.6. The second-order valence-electron chi connectivity index (χ2n) is 8.67. The summed E-state index contributed by atoms with van der Waals surface area (Å²) in [5.74, 6) is 3.80. The number of methoxy groups -OCH3 is 2. The lowest BCUT2D eigenvalue weighted by molar-refractivity contribution is 0.320. The van der Waals surface area contributed by atoms with Crippen LogP contribution in [0.3, 0.4) is 0 Å². The summed E-state index contributed by atoms with van der Waals surface area (Å²) < 4.78 is 16.9. The van der Waals surface area contributed by atoms with Gasteiger partial charge < -0.3 is 19.1 Å². The van der Waals surface area contributed by atoms with Gasteiger partial charge in [0.25, 0.3) is 0 Å². The van der Waals surface area contributed by atoms with Gasteiger partial charge in [0, 0.05) is 31.6 Å². The van der Waals surface area contributed by atoms with Crippen LogP contribution in [0.15, 0.2) is 59.7 Å². The van der Waals surface area contributed by atoms with Crippen LogP contribution in [-0.4, -0.2) is 45.1 Å².